The Morgan fingerprint density at radius 1 is 1.00 bits per heavy atom. The second kappa shape index (κ2) is 12.4. The lowest BCUT2D eigenvalue weighted by Crippen LogP contribution is -2.48. The first-order valence-corrected chi connectivity index (χ1v) is 14.5. The van der Waals surface area contributed by atoms with Crippen molar-refractivity contribution >= 4 is 67.2 Å². The lowest BCUT2D eigenvalue weighted by molar-refractivity contribution is 0.0949. The van der Waals surface area contributed by atoms with Crippen LogP contribution in [0.4, 0.5) is 5.13 Å². The van der Waals surface area contributed by atoms with Crippen LogP contribution >= 0.6 is 35.1 Å². The van der Waals surface area contributed by atoms with Gasteiger partial charge in [-0.25, -0.2) is 9.97 Å². The number of nitrogens with zero attached hydrogens (tertiary/aromatic N) is 4. The number of thiazole rings is 1. The maximum absolute atomic E-state index is 13.3. The highest BCUT2D eigenvalue weighted by Gasteiger charge is 2.22. The van der Waals surface area contributed by atoms with E-state index in [-0.39, 0.29) is 18.3 Å². The molecule has 0 atom stereocenters. The summed E-state index contributed by atoms with van der Waals surface area (Å²) in [7, 11) is 3.29. The minimum absolute atomic E-state index is 0. The number of amides is 1. The molecule has 8 nitrogen and oxygen atoms in total. The van der Waals surface area contributed by atoms with Crippen molar-refractivity contribution in [1.82, 2.24) is 20.2 Å². The molecule has 1 aliphatic heterocycles. The normalized spacial score (nSPS) is 13.8. The largest absolute Gasteiger partial charge is 0.493 e. The number of hydrogen-bond acceptors (Lipinski definition) is 9. The van der Waals surface area contributed by atoms with Gasteiger partial charge < -0.3 is 19.7 Å². The molecular formula is C29H30ClN5O3S2. The summed E-state index contributed by atoms with van der Waals surface area (Å²) in [6.07, 6.45) is 0. The SMILES string of the molecule is COc1ccc2sc(N3CCN(CCNC(=O)c4cc(-c5cccs5)nc5ccccc45)CC3)nc2c1OC.Cl. The van der Waals surface area contributed by atoms with Gasteiger partial charge in [-0.2, -0.15) is 0 Å². The van der Waals surface area contributed by atoms with Gasteiger partial charge in [0.05, 0.1) is 40.6 Å². The number of benzene rings is 2. The third-order valence-electron chi connectivity index (χ3n) is 6.98. The van der Waals surface area contributed by atoms with Gasteiger partial charge in [0.2, 0.25) is 0 Å². The minimum Gasteiger partial charge on any atom is -0.493 e. The Hall–Kier alpha value is -3.44. The van der Waals surface area contributed by atoms with Crippen LogP contribution in [0.15, 0.2) is 60.0 Å². The highest BCUT2D eigenvalue weighted by Crippen LogP contribution is 2.40. The van der Waals surface area contributed by atoms with E-state index in [9.17, 15) is 4.79 Å². The van der Waals surface area contributed by atoms with Crippen LogP contribution in [0.25, 0.3) is 31.7 Å². The standard InChI is InChI=1S/C29H29N5O3S2.ClH/c1-36-23-9-10-25-26(27(23)37-2)32-29(39-25)34-15-13-33(14-16-34)12-11-30-28(35)20-18-22(24-8-5-17-38-24)31-21-7-4-3-6-19(20)21;/h3-10,17-18H,11-16H2,1-2H3,(H,30,35);1H. The van der Waals surface area contributed by atoms with Gasteiger partial charge >= 0.3 is 0 Å². The summed E-state index contributed by atoms with van der Waals surface area (Å²) < 4.78 is 12.1. The van der Waals surface area contributed by atoms with Crippen molar-refractivity contribution in [2.24, 2.45) is 0 Å². The number of nitrogens with one attached hydrogen (secondary N) is 1. The molecule has 0 saturated carbocycles. The number of piperazine rings is 1. The fourth-order valence-corrected chi connectivity index (χ4v) is 6.63. The van der Waals surface area contributed by atoms with Crippen molar-refractivity contribution in [3.05, 3.63) is 65.5 Å². The van der Waals surface area contributed by atoms with Crippen LogP contribution in [0.3, 0.4) is 0 Å². The first-order valence-electron chi connectivity index (χ1n) is 12.9. The number of anilines is 1. The van der Waals surface area contributed by atoms with Gasteiger partial charge in [0.25, 0.3) is 5.91 Å². The average molecular weight is 596 g/mol. The summed E-state index contributed by atoms with van der Waals surface area (Å²) in [5.74, 6) is 1.30. The van der Waals surface area contributed by atoms with E-state index >= 15 is 0 Å². The van der Waals surface area contributed by atoms with E-state index in [1.807, 2.05) is 60.0 Å². The van der Waals surface area contributed by atoms with Crippen LogP contribution in [0, 0.1) is 0 Å². The summed E-state index contributed by atoms with van der Waals surface area (Å²) >= 11 is 3.30. The zero-order valence-corrected chi connectivity index (χ0v) is 24.7. The van der Waals surface area contributed by atoms with Crippen LogP contribution in [0.5, 0.6) is 11.5 Å². The van der Waals surface area contributed by atoms with Crippen molar-refractivity contribution in [2.75, 3.05) is 58.4 Å². The van der Waals surface area contributed by atoms with Crippen LogP contribution in [0.2, 0.25) is 0 Å². The number of fused-ring (bicyclic) bond motifs is 2. The first kappa shape index (κ1) is 28.1. The molecule has 0 aliphatic carbocycles. The van der Waals surface area contributed by atoms with Gasteiger partial charge in [0.15, 0.2) is 16.6 Å². The van der Waals surface area contributed by atoms with Crippen molar-refractivity contribution in [1.29, 1.82) is 0 Å². The van der Waals surface area contributed by atoms with Gasteiger partial charge in [-0.3, -0.25) is 9.69 Å². The Kier molecular flexibility index (Phi) is 8.70. The number of carbonyl (C=O) groups excluding carboxylic acids is 1. The smallest absolute Gasteiger partial charge is 0.252 e. The Bertz CT molecular complexity index is 1620. The summed E-state index contributed by atoms with van der Waals surface area (Å²) in [5, 5.41) is 7.03. The molecule has 0 spiro atoms. The molecule has 1 amide bonds. The Morgan fingerprint density at radius 3 is 2.58 bits per heavy atom. The number of rotatable bonds is 8. The molecule has 6 rings (SSSR count). The number of aromatic nitrogens is 2. The molecule has 0 bridgehead atoms. The van der Waals surface area contributed by atoms with Gasteiger partial charge in [-0.15, -0.1) is 23.7 Å². The topological polar surface area (TPSA) is 79.8 Å². The fourth-order valence-electron chi connectivity index (χ4n) is 4.93. The molecule has 3 aromatic heterocycles. The zero-order valence-electron chi connectivity index (χ0n) is 22.3. The number of methoxy groups -OCH3 is 2. The van der Waals surface area contributed by atoms with Crippen molar-refractivity contribution in [3.8, 4) is 22.1 Å². The minimum atomic E-state index is -0.0658. The monoisotopic (exact) mass is 595 g/mol. The summed E-state index contributed by atoms with van der Waals surface area (Å²) in [6, 6.07) is 17.7. The number of halogens is 1. The van der Waals surface area contributed by atoms with E-state index in [4.69, 9.17) is 19.4 Å². The van der Waals surface area contributed by atoms with E-state index in [2.05, 4.69) is 15.1 Å². The summed E-state index contributed by atoms with van der Waals surface area (Å²) in [6.45, 7) is 4.96. The molecule has 1 fully saturated rings. The third-order valence-corrected chi connectivity index (χ3v) is 8.96. The molecule has 4 heterocycles. The molecular weight excluding hydrogens is 566 g/mol. The van der Waals surface area contributed by atoms with Crippen LogP contribution in [0.1, 0.15) is 10.4 Å². The average Bonchev–Trinajstić information content (AvgIpc) is 3.67. The molecule has 1 N–H and O–H groups in total. The van der Waals surface area contributed by atoms with Gasteiger partial charge in [-0.05, 0) is 35.7 Å². The van der Waals surface area contributed by atoms with Gasteiger partial charge in [0, 0.05) is 44.7 Å². The van der Waals surface area contributed by atoms with Gasteiger partial charge in [0.1, 0.15) is 5.52 Å². The van der Waals surface area contributed by atoms with Crippen LogP contribution < -0.4 is 19.7 Å². The number of para-hydroxylation sites is 1. The summed E-state index contributed by atoms with van der Waals surface area (Å²) in [4.78, 5) is 28.7. The number of carbonyl (C=O) groups is 1. The second-order valence-electron chi connectivity index (χ2n) is 9.28. The van der Waals surface area contributed by atoms with Gasteiger partial charge in [-0.1, -0.05) is 35.6 Å². The number of hydrogen-bond donors (Lipinski definition) is 1. The molecule has 11 heteroatoms. The molecule has 5 aromatic rings. The molecule has 0 radical (unpaired) electrons. The lowest BCUT2D eigenvalue weighted by atomic mass is 10.1. The third kappa shape index (κ3) is 5.57. The Labute approximate surface area is 247 Å². The maximum atomic E-state index is 13.3. The number of thiophene rings is 1. The van der Waals surface area contributed by atoms with E-state index in [1.54, 1.807) is 36.9 Å². The number of ether oxygens (including phenoxy) is 2. The molecule has 1 aliphatic rings. The van der Waals surface area contributed by atoms with E-state index in [1.165, 1.54) is 0 Å². The lowest BCUT2D eigenvalue weighted by Gasteiger charge is -2.34. The van der Waals surface area contributed by atoms with Crippen molar-refractivity contribution in [3.63, 3.8) is 0 Å². The fraction of sp³-hybridized carbons (Fsp3) is 0.276. The highest BCUT2D eigenvalue weighted by molar-refractivity contribution is 7.22. The quantitative estimate of drug-likeness (QED) is 0.251. The van der Waals surface area contributed by atoms with Crippen LogP contribution in [-0.2, 0) is 0 Å². The first-order chi connectivity index (χ1) is 19.1. The maximum Gasteiger partial charge on any atom is 0.252 e. The van der Waals surface area contributed by atoms with E-state index in [0.29, 0.717) is 23.6 Å². The van der Waals surface area contributed by atoms with E-state index < -0.39 is 0 Å². The van der Waals surface area contributed by atoms with Crippen molar-refractivity contribution < 1.29 is 14.3 Å². The highest BCUT2D eigenvalue weighted by atomic mass is 35.5. The predicted octanol–water partition coefficient (Wildman–Crippen LogP) is 5.56. The Balaban J connectivity index is 0.00000323. The molecule has 0 unspecified atom stereocenters. The predicted molar refractivity (Wildman–Crippen MR) is 166 cm³/mol. The molecule has 1 saturated heterocycles. The van der Waals surface area contributed by atoms with Crippen LogP contribution in [-0.4, -0.2) is 74.3 Å². The van der Waals surface area contributed by atoms with E-state index in [0.717, 1.165) is 69.5 Å². The summed E-state index contributed by atoms with van der Waals surface area (Å²) in [5.41, 5.74) is 3.16. The molecule has 2 aromatic carbocycles. The number of pyridine rings is 1. The molecule has 40 heavy (non-hydrogen) atoms. The molecule has 208 valence electrons. The van der Waals surface area contributed by atoms with Crippen molar-refractivity contribution in [2.45, 2.75) is 0 Å². The second-order valence-corrected chi connectivity index (χ2v) is 11.2. The Morgan fingerprint density at radius 2 is 1.82 bits per heavy atom. The zero-order chi connectivity index (χ0) is 26.8.